The lowest BCUT2D eigenvalue weighted by molar-refractivity contribution is -0.137. The number of ether oxygens (including phenoxy) is 1. The van der Waals surface area contributed by atoms with Crippen molar-refractivity contribution >= 4 is 39.1 Å². The summed E-state index contributed by atoms with van der Waals surface area (Å²) in [4.78, 5) is 7.83. The normalized spacial score (nSPS) is 11.4. The van der Waals surface area contributed by atoms with Gasteiger partial charge in [-0.2, -0.15) is 18.2 Å². The number of benzene rings is 2. The second-order valence-corrected chi connectivity index (χ2v) is 7.32. The highest BCUT2D eigenvalue weighted by atomic mass is 79.9. The van der Waals surface area contributed by atoms with E-state index in [-0.39, 0.29) is 17.9 Å². The average molecular weight is 467 g/mol. The molecular formula is C20H18BrF3N4O. The fourth-order valence-corrected chi connectivity index (χ4v) is 2.70. The molecule has 0 radical (unpaired) electrons. The van der Waals surface area contributed by atoms with E-state index < -0.39 is 11.7 Å². The number of anilines is 4. The fourth-order valence-electron chi connectivity index (χ4n) is 2.43. The van der Waals surface area contributed by atoms with Crippen molar-refractivity contribution in [1.82, 2.24) is 9.97 Å². The van der Waals surface area contributed by atoms with Crippen molar-refractivity contribution < 1.29 is 17.9 Å². The van der Waals surface area contributed by atoms with Gasteiger partial charge in [-0.1, -0.05) is 15.9 Å². The Balaban J connectivity index is 1.85. The Morgan fingerprint density at radius 3 is 2.10 bits per heavy atom. The summed E-state index contributed by atoms with van der Waals surface area (Å²) in [5.74, 6) is 0.392. The standard InChI is InChI=1S/C20H18BrF3N4O/c1-12(2)29-16-9-7-15(8-10-16)27-19-25-11-17(20(22,23)24)18(28-19)26-14-5-3-13(21)4-6-14/h3-12H,1-2H3,(H2,25,26,27,28). The van der Waals surface area contributed by atoms with Crippen LogP contribution in [0.25, 0.3) is 0 Å². The van der Waals surface area contributed by atoms with Gasteiger partial charge in [-0.05, 0) is 62.4 Å². The Kier molecular flexibility index (Phi) is 6.26. The zero-order chi connectivity index (χ0) is 21.0. The van der Waals surface area contributed by atoms with E-state index in [9.17, 15) is 13.2 Å². The molecule has 0 aliphatic carbocycles. The first-order chi connectivity index (χ1) is 13.7. The molecule has 0 aliphatic heterocycles. The van der Waals surface area contributed by atoms with E-state index in [1.165, 1.54) is 0 Å². The third-order valence-electron chi connectivity index (χ3n) is 3.68. The first-order valence-electron chi connectivity index (χ1n) is 8.71. The van der Waals surface area contributed by atoms with E-state index in [1.807, 2.05) is 13.8 Å². The molecule has 0 aliphatic rings. The minimum atomic E-state index is -4.59. The smallest absolute Gasteiger partial charge is 0.421 e. The number of nitrogens with zero attached hydrogens (tertiary/aromatic N) is 2. The van der Waals surface area contributed by atoms with Gasteiger partial charge in [0.15, 0.2) is 0 Å². The first-order valence-corrected chi connectivity index (χ1v) is 9.50. The van der Waals surface area contributed by atoms with E-state index in [1.54, 1.807) is 48.5 Å². The van der Waals surface area contributed by atoms with Gasteiger partial charge in [-0.25, -0.2) is 4.98 Å². The van der Waals surface area contributed by atoms with Crippen LogP contribution in [0.4, 0.5) is 36.3 Å². The summed E-state index contributed by atoms with van der Waals surface area (Å²) in [6.07, 6.45) is -3.79. The van der Waals surface area contributed by atoms with Gasteiger partial charge in [0.05, 0.1) is 6.10 Å². The van der Waals surface area contributed by atoms with Crippen molar-refractivity contribution in [2.24, 2.45) is 0 Å². The zero-order valence-electron chi connectivity index (χ0n) is 15.6. The Labute approximate surface area is 174 Å². The zero-order valence-corrected chi connectivity index (χ0v) is 17.2. The quantitative estimate of drug-likeness (QED) is 0.432. The van der Waals surface area contributed by atoms with Crippen LogP contribution in [0, 0.1) is 0 Å². The van der Waals surface area contributed by atoms with Crippen LogP contribution in [0.2, 0.25) is 0 Å². The van der Waals surface area contributed by atoms with Crippen LogP contribution in [0.3, 0.4) is 0 Å². The third-order valence-corrected chi connectivity index (χ3v) is 4.21. The summed E-state index contributed by atoms with van der Waals surface area (Å²) in [7, 11) is 0. The molecule has 0 fully saturated rings. The van der Waals surface area contributed by atoms with Crippen LogP contribution in [0.5, 0.6) is 5.75 Å². The molecule has 9 heteroatoms. The van der Waals surface area contributed by atoms with Crippen LogP contribution >= 0.6 is 15.9 Å². The highest BCUT2D eigenvalue weighted by Crippen LogP contribution is 2.35. The molecule has 0 unspecified atom stereocenters. The number of rotatable bonds is 6. The molecule has 3 rings (SSSR count). The number of aromatic nitrogens is 2. The summed E-state index contributed by atoms with van der Waals surface area (Å²) in [6, 6.07) is 13.7. The lowest BCUT2D eigenvalue weighted by Crippen LogP contribution is -2.12. The summed E-state index contributed by atoms with van der Waals surface area (Å²) in [5, 5.41) is 5.62. The maximum atomic E-state index is 13.4. The molecule has 0 atom stereocenters. The topological polar surface area (TPSA) is 59.1 Å². The van der Waals surface area contributed by atoms with Crippen molar-refractivity contribution in [3.05, 3.63) is 64.8 Å². The molecule has 0 saturated carbocycles. The van der Waals surface area contributed by atoms with Crippen LogP contribution in [-0.2, 0) is 6.18 Å². The molecule has 3 aromatic rings. The average Bonchev–Trinajstić information content (AvgIpc) is 2.64. The first kappa shape index (κ1) is 20.9. The van der Waals surface area contributed by atoms with Crippen molar-refractivity contribution in [2.45, 2.75) is 26.1 Å². The van der Waals surface area contributed by atoms with E-state index in [2.05, 4.69) is 36.5 Å². The maximum absolute atomic E-state index is 13.4. The number of alkyl halides is 3. The molecule has 29 heavy (non-hydrogen) atoms. The van der Waals surface area contributed by atoms with Crippen molar-refractivity contribution in [3.8, 4) is 5.75 Å². The fraction of sp³-hybridized carbons (Fsp3) is 0.200. The van der Waals surface area contributed by atoms with Crippen molar-refractivity contribution in [1.29, 1.82) is 0 Å². The molecule has 2 aromatic carbocycles. The predicted octanol–water partition coefficient (Wildman–Crippen LogP) is 6.53. The Morgan fingerprint density at radius 1 is 0.931 bits per heavy atom. The molecule has 2 N–H and O–H groups in total. The van der Waals surface area contributed by atoms with Gasteiger partial charge in [0.25, 0.3) is 0 Å². The highest BCUT2D eigenvalue weighted by molar-refractivity contribution is 9.10. The largest absolute Gasteiger partial charge is 0.491 e. The minimum absolute atomic E-state index is 0.0372. The lowest BCUT2D eigenvalue weighted by Gasteiger charge is -2.15. The van der Waals surface area contributed by atoms with Gasteiger partial charge in [-0.15, -0.1) is 0 Å². The van der Waals surface area contributed by atoms with Crippen molar-refractivity contribution in [2.75, 3.05) is 10.6 Å². The molecule has 5 nitrogen and oxygen atoms in total. The number of hydrogen-bond donors (Lipinski definition) is 2. The summed E-state index contributed by atoms with van der Waals surface area (Å²) in [5.41, 5.74) is 0.139. The van der Waals surface area contributed by atoms with Crippen LogP contribution in [0.15, 0.2) is 59.2 Å². The van der Waals surface area contributed by atoms with Gasteiger partial charge >= 0.3 is 6.18 Å². The predicted molar refractivity (Wildman–Crippen MR) is 110 cm³/mol. The van der Waals surface area contributed by atoms with Crippen molar-refractivity contribution in [3.63, 3.8) is 0 Å². The molecule has 1 aromatic heterocycles. The van der Waals surface area contributed by atoms with E-state index >= 15 is 0 Å². The van der Waals surface area contributed by atoms with Gasteiger partial charge in [-0.3, -0.25) is 0 Å². The maximum Gasteiger partial charge on any atom is 0.421 e. The molecule has 0 spiro atoms. The SMILES string of the molecule is CC(C)Oc1ccc(Nc2ncc(C(F)(F)F)c(Nc3ccc(Br)cc3)n2)cc1. The number of nitrogens with one attached hydrogen (secondary N) is 2. The summed E-state index contributed by atoms with van der Waals surface area (Å²) < 4.78 is 46.5. The monoisotopic (exact) mass is 466 g/mol. The van der Waals surface area contributed by atoms with Crippen LogP contribution in [0.1, 0.15) is 19.4 Å². The van der Waals surface area contributed by atoms with E-state index in [0.29, 0.717) is 17.1 Å². The van der Waals surface area contributed by atoms with Crippen LogP contribution < -0.4 is 15.4 Å². The molecule has 152 valence electrons. The number of halogens is 4. The minimum Gasteiger partial charge on any atom is -0.491 e. The second kappa shape index (κ2) is 8.69. The van der Waals surface area contributed by atoms with E-state index in [0.717, 1.165) is 10.7 Å². The second-order valence-electron chi connectivity index (χ2n) is 6.40. The highest BCUT2D eigenvalue weighted by Gasteiger charge is 2.35. The summed E-state index contributed by atoms with van der Waals surface area (Å²) in [6.45, 7) is 3.84. The van der Waals surface area contributed by atoms with Gasteiger partial charge in [0, 0.05) is 22.0 Å². The Bertz CT molecular complexity index is 961. The van der Waals surface area contributed by atoms with Crippen LogP contribution in [-0.4, -0.2) is 16.1 Å². The van der Waals surface area contributed by atoms with E-state index in [4.69, 9.17) is 4.74 Å². The Hall–Kier alpha value is -2.81. The molecule has 1 heterocycles. The summed E-state index contributed by atoms with van der Waals surface area (Å²) >= 11 is 3.29. The number of hydrogen-bond acceptors (Lipinski definition) is 5. The molecule has 0 amide bonds. The van der Waals surface area contributed by atoms with Gasteiger partial charge in [0.1, 0.15) is 17.1 Å². The lowest BCUT2D eigenvalue weighted by atomic mass is 10.2. The Morgan fingerprint density at radius 2 is 1.52 bits per heavy atom. The molecule has 0 bridgehead atoms. The molecular weight excluding hydrogens is 449 g/mol. The van der Waals surface area contributed by atoms with Gasteiger partial charge < -0.3 is 15.4 Å². The third kappa shape index (κ3) is 5.83. The molecule has 0 saturated heterocycles. The van der Waals surface area contributed by atoms with Gasteiger partial charge in [0.2, 0.25) is 5.95 Å².